The highest BCUT2D eigenvalue weighted by Crippen LogP contribution is 2.12. The summed E-state index contributed by atoms with van der Waals surface area (Å²) in [6.45, 7) is 1.19. The Morgan fingerprint density at radius 1 is 1.53 bits per heavy atom. The summed E-state index contributed by atoms with van der Waals surface area (Å²) in [5, 5.41) is 16.7. The molecule has 0 aliphatic rings. The number of benzene rings is 1. The number of nitrogens with one attached hydrogen (secondary N) is 2. The highest BCUT2D eigenvalue weighted by Gasteiger charge is 1.95. The first-order valence-electron chi connectivity index (χ1n) is 5.08. The Bertz CT molecular complexity index is 396. The Labute approximate surface area is 105 Å². The monoisotopic (exact) mass is 253 g/mol. The molecule has 0 bridgehead atoms. The van der Waals surface area contributed by atoms with Gasteiger partial charge < -0.3 is 15.2 Å². The van der Waals surface area contributed by atoms with Gasteiger partial charge in [-0.1, -0.05) is 12.1 Å². The Balaban J connectivity index is 2.35. The first-order valence-corrected chi connectivity index (χ1v) is 5.48. The molecule has 0 saturated heterocycles. The molecule has 1 aromatic carbocycles. The number of aromatic hydroxyl groups is 1. The molecular weight excluding hydrogens is 238 g/mol. The topological polar surface area (TPSA) is 65.9 Å². The zero-order valence-electron chi connectivity index (χ0n) is 9.51. The molecule has 92 valence electrons. The minimum Gasteiger partial charge on any atom is -0.507 e. The second-order valence-corrected chi connectivity index (χ2v) is 3.59. The summed E-state index contributed by atoms with van der Waals surface area (Å²) in [4.78, 5) is 0. The van der Waals surface area contributed by atoms with Gasteiger partial charge in [-0.05, 0) is 24.4 Å². The van der Waals surface area contributed by atoms with E-state index in [0.29, 0.717) is 23.8 Å². The third-order valence-electron chi connectivity index (χ3n) is 1.90. The van der Waals surface area contributed by atoms with Crippen molar-refractivity contribution < 1.29 is 9.84 Å². The van der Waals surface area contributed by atoms with Crippen LogP contribution < -0.4 is 10.7 Å². The van der Waals surface area contributed by atoms with Crippen LogP contribution in [0.4, 0.5) is 0 Å². The van der Waals surface area contributed by atoms with Gasteiger partial charge >= 0.3 is 0 Å². The molecule has 0 heterocycles. The Morgan fingerprint density at radius 3 is 3.00 bits per heavy atom. The molecular formula is C11H15N3O2S. The van der Waals surface area contributed by atoms with E-state index in [2.05, 4.69) is 15.8 Å². The molecule has 1 rings (SSSR count). The van der Waals surface area contributed by atoms with Crippen LogP contribution in [0.1, 0.15) is 5.56 Å². The molecule has 0 aliphatic heterocycles. The maximum absolute atomic E-state index is 9.47. The number of methoxy groups -OCH3 is 1. The summed E-state index contributed by atoms with van der Waals surface area (Å²) in [5.74, 6) is 0.177. The molecule has 0 unspecified atom stereocenters. The van der Waals surface area contributed by atoms with E-state index in [-0.39, 0.29) is 5.75 Å². The lowest BCUT2D eigenvalue weighted by atomic mass is 10.2. The van der Waals surface area contributed by atoms with E-state index in [4.69, 9.17) is 17.0 Å². The van der Waals surface area contributed by atoms with Crippen LogP contribution >= 0.6 is 12.2 Å². The summed E-state index contributed by atoms with van der Waals surface area (Å²) in [6.07, 6.45) is 1.50. The lowest BCUT2D eigenvalue weighted by Crippen LogP contribution is -2.34. The number of phenols is 1. The van der Waals surface area contributed by atoms with Crippen LogP contribution in [-0.4, -0.2) is 36.7 Å². The molecule has 3 N–H and O–H groups in total. The Hall–Kier alpha value is -1.66. The maximum Gasteiger partial charge on any atom is 0.187 e. The lowest BCUT2D eigenvalue weighted by Gasteiger charge is -2.05. The molecule has 0 amide bonds. The summed E-state index contributed by atoms with van der Waals surface area (Å²) >= 11 is 4.96. The van der Waals surface area contributed by atoms with Gasteiger partial charge in [0.25, 0.3) is 0 Å². The average molecular weight is 253 g/mol. The van der Waals surface area contributed by atoms with Crippen molar-refractivity contribution in [3.63, 3.8) is 0 Å². The van der Waals surface area contributed by atoms with Gasteiger partial charge in [0.1, 0.15) is 5.75 Å². The standard InChI is InChI=1S/C11H15N3O2S/c1-16-7-6-12-11(17)14-13-8-9-4-2-3-5-10(9)15/h2-5,8,15H,6-7H2,1H3,(H2,12,14,17). The van der Waals surface area contributed by atoms with E-state index >= 15 is 0 Å². The number of hydrazone groups is 1. The quantitative estimate of drug-likeness (QED) is 0.314. The zero-order chi connectivity index (χ0) is 12.5. The number of phenolic OH excluding ortho intramolecular Hbond substituents is 1. The minimum absolute atomic E-state index is 0.177. The van der Waals surface area contributed by atoms with Crippen molar-refractivity contribution in [3.8, 4) is 5.75 Å². The molecule has 0 radical (unpaired) electrons. The summed E-state index contributed by atoms with van der Waals surface area (Å²) in [6, 6.07) is 6.91. The predicted molar refractivity (Wildman–Crippen MR) is 71.3 cm³/mol. The van der Waals surface area contributed by atoms with Crippen LogP contribution in [0.15, 0.2) is 29.4 Å². The van der Waals surface area contributed by atoms with Crippen LogP contribution in [0, 0.1) is 0 Å². The van der Waals surface area contributed by atoms with E-state index in [1.165, 1.54) is 6.21 Å². The molecule has 0 spiro atoms. The van der Waals surface area contributed by atoms with Crippen LogP contribution in [0.2, 0.25) is 0 Å². The third-order valence-corrected chi connectivity index (χ3v) is 2.13. The van der Waals surface area contributed by atoms with Crippen LogP contribution in [0.3, 0.4) is 0 Å². The van der Waals surface area contributed by atoms with E-state index in [1.807, 2.05) is 6.07 Å². The summed E-state index contributed by atoms with van der Waals surface area (Å²) in [5.41, 5.74) is 3.27. The van der Waals surface area contributed by atoms with Crippen molar-refractivity contribution in [1.29, 1.82) is 0 Å². The van der Waals surface area contributed by atoms with Gasteiger partial charge in [-0.3, -0.25) is 5.43 Å². The molecule has 6 heteroatoms. The first kappa shape index (κ1) is 13.4. The fourth-order valence-electron chi connectivity index (χ4n) is 1.06. The third kappa shape index (κ3) is 5.28. The second-order valence-electron chi connectivity index (χ2n) is 3.18. The van der Waals surface area contributed by atoms with Gasteiger partial charge in [0, 0.05) is 19.2 Å². The first-order chi connectivity index (χ1) is 8.24. The Morgan fingerprint density at radius 2 is 2.29 bits per heavy atom. The van der Waals surface area contributed by atoms with Gasteiger partial charge in [-0.15, -0.1) is 0 Å². The second kappa shape index (κ2) is 7.59. The zero-order valence-corrected chi connectivity index (χ0v) is 10.3. The molecule has 0 atom stereocenters. The van der Waals surface area contributed by atoms with Crippen molar-refractivity contribution >= 4 is 23.5 Å². The highest BCUT2D eigenvalue weighted by atomic mass is 32.1. The minimum atomic E-state index is 0.177. The maximum atomic E-state index is 9.47. The predicted octanol–water partition coefficient (Wildman–Crippen LogP) is 0.837. The fraction of sp³-hybridized carbons (Fsp3) is 0.273. The van der Waals surface area contributed by atoms with Gasteiger partial charge in [-0.2, -0.15) is 5.10 Å². The smallest absolute Gasteiger partial charge is 0.187 e. The summed E-state index contributed by atoms with van der Waals surface area (Å²) in [7, 11) is 1.62. The van der Waals surface area contributed by atoms with E-state index < -0.39 is 0 Å². The SMILES string of the molecule is COCCNC(=S)NN=Cc1ccccc1O. The number of nitrogens with zero attached hydrogens (tertiary/aromatic N) is 1. The largest absolute Gasteiger partial charge is 0.507 e. The molecule has 17 heavy (non-hydrogen) atoms. The van der Waals surface area contributed by atoms with Crippen molar-refractivity contribution in [2.45, 2.75) is 0 Å². The van der Waals surface area contributed by atoms with Crippen molar-refractivity contribution in [2.75, 3.05) is 20.3 Å². The van der Waals surface area contributed by atoms with E-state index in [0.717, 1.165) is 0 Å². The van der Waals surface area contributed by atoms with Crippen molar-refractivity contribution in [1.82, 2.24) is 10.7 Å². The number of hydrogen-bond donors (Lipinski definition) is 3. The molecule has 0 aromatic heterocycles. The van der Waals surface area contributed by atoms with Gasteiger partial charge in [0.05, 0.1) is 12.8 Å². The van der Waals surface area contributed by atoms with Gasteiger partial charge in [0.15, 0.2) is 5.11 Å². The molecule has 0 fully saturated rings. The van der Waals surface area contributed by atoms with Crippen molar-refractivity contribution in [3.05, 3.63) is 29.8 Å². The molecule has 0 saturated carbocycles. The van der Waals surface area contributed by atoms with E-state index in [1.54, 1.807) is 25.3 Å². The lowest BCUT2D eigenvalue weighted by molar-refractivity contribution is 0.204. The summed E-state index contributed by atoms with van der Waals surface area (Å²) < 4.78 is 4.86. The van der Waals surface area contributed by atoms with Crippen LogP contribution in [0.25, 0.3) is 0 Å². The average Bonchev–Trinajstić information content (AvgIpc) is 2.32. The molecule has 1 aromatic rings. The number of ether oxygens (including phenoxy) is 1. The number of thiocarbonyl (C=S) groups is 1. The fourth-order valence-corrected chi connectivity index (χ4v) is 1.22. The van der Waals surface area contributed by atoms with Crippen LogP contribution in [-0.2, 0) is 4.74 Å². The number of hydrogen-bond acceptors (Lipinski definition) is 4. The van der Waals surface area contributed by atoms with Gasteiger partial charge in [0.2, 0.25) is 0 Å². The molecule has 0 aliphatic carbocycles. The van der Waals surface area contributed by atoms with Crippen LogP contribution in [0.5, 0.6) is 5.75 Å². The van der Waals surface area contributed by atoms with Gasteiger partial charge in [-0.25, -0.2) is 0 Å². The van der Waals surface area contributed by atoms with E-state index in [9.17, 15) is 5.11 Å². The van der Waals surface area contributed by atoms with Crippen molar-refractivity contribution in [2.24, 2.45) is 5.10 Å². The Kier molecular flexibility index (Phi) is 5.98. The normalized spacial score (nSPS) is 10.4. The molecule has 5 nitrogen and oxygen atoms in total. The number of rotatable bonds is 5. The highest BCUT2D eigenvalue weighted by molar-refractivity contribution is 7.80. The number of para-hydroxylation sites is 1.